The molecule has 0 aromatic carbocycles. The first kappa shape index (κ1) is 5.72. The Bertz CT molecular complexity index is 99.8. The van der Waals surface area contributed by atoms with E-state index in [0.29, 0.717) is 13.0 Å². The minimum atomic E-state index is -0.858. The molecule has 0 aromatic rings. The minimum absolute atomic E-state index is 0.101. The van der Waals surface area contributed by atoms with Gasteiger partial charge in [0.05, 0.1) is 13.2 Å². The van der Waals surface area contributed by atoms with E-state index in [0.717, 1.165) is 0 Å². The van der Waals surface area contributed by atoms with Crippen LogP contribution < -0.4 is 0 Å². The van der Waals surface area contributed by atoms with Gasteiger partial charge in [-0.05, 0) is 0 Å². The Labute approximate surface area is 47.3 Å². The lowest BCUT2D eigenvalue weighted by molar-refractivity contribution is -0.136. The van der Waals surface area contributed by atoms with Crippen molar-refractivity contribution in [3.63, 3.8) is 0 Å². The van der Waals surface area contributed by atoms with E-state index < -0.39 is 6.10 Å². The second-order valence-corrected chi connectivity index (χ2v) is 1.81. The number of aliphatic hydroxyl groups excluding tert-OH is 1. The van der Waals surface area contributed by atoms with Crippen molar-refractivity contribution in [2.45, 2.75) is 12.5 Å². The first-order valence-electron chi connectivity index (χ1n) is 2.59. The van der Waals surface area contributed by atoms with E-state index in [1.807, 2.05) is 0 Å². The highest BCUT2D eigenvalue weighted by atomic mass is 16.5. The van der Waals surface area contributed by atoms with Gasteiger partial charge in [0.15, 0.2) is 5.78 Å². The Kier molecular flexibility index (Phi) is 1.60. The average molecular weight is 116 g/mol. The van der Waals surface area contributed by atoms with E-state index in [2.05, 4.69) is 0 Å². The lowest BCUT2D eigenvalue weighted by atomic mass is 10.1. The number of carbonyl (C=O) groups is 1. The smallest absolute Gasteiger partial charge is 0.165 e. The molecule has 1 aliphatic rings. The molecular weight excluding hydrogens is 108 g/mol. The molecule has 0 aromatic heterocycles. The summed E-state index contributed by atoms with van der Waals surface area (Å²) < 4.78 is 4.78. The quantitative estimate of drug-likeness (QED) is 0.457. The summed E-state index contributed by atoms with van der Waals surface area (Å²) in [4.78, 5) is 10.5. The molecule has 1 heterocycles. The van der Waals surface area contributed by atoms with E-state index >= 15 is 0 Å². The second kappa shape index (κ2) is 2.24. The Morgan fingerprint density at radius 2 is 2.50 bits per heavy atom. The van der Waals surface area contributed by atoms with Gasteiger partial charge in [0, 0.05) is 6.42 Å². The highest BCUT2D eigenvalue weighted by Gasteiger charge is 2.18. The molecule has 1 rings (SSSR count). The maximum Gasteiger partial charge on any atom is 0.165 e. The van der Waals surface area contributed by atoms with Crippen molar-refractivity contribution in [1.82, 2.24) is 0 Å². The van der Waals surface area contributed by atoms with E-state index in [-0.39, 0.29) is 12.4 Å². The van der Waals surface area contributed by atoms with Crippen LogP contribution in [0, 0.1) is 0 Å². The molecule has 0 saturated carbocycles. The van der Waals surface area contributed by atoms with E-state index in [1.54, 1.807) is 0 Å². The van der Waals surface area contributed by atoms with Gasteiger partial charge in [-0.1, -0.05) is 0 Å². The predicted molar refractivity (Wildman–Crippen MR) is 26.4 cm³/mol. The Balaban J connectivity index is 2.39. The number of ketones is 1. The topological polar surface area (TPSA) is 46.5 Å². The van der Waals surface area contributed by atoms with Crippen LogP contribution in [0.5, 0.6) is 0 Å². The van der Waals surface area contributed by atoms with Crippen LogP contribution in [-0.2, 0) is 9.53 Å². The van der Waals surface area contributed by atoms with Gasteiger partial charge in [-0.25, -0.2) is 0 Å². The summed E-state index contributed by atoms with van der Waals surface area (Å²) in [6.45, 7) is 0.648. The summed E-state index contributed by atoms with van der Waals surface area (Å²) in [5.74, 6) is -0.101. The number of Topliss-reactive ketones (excluding diaryl/α,β-unsaturated/α-hetero) is 1. The van der Waals surface area contributed by atoms with E-state index in [4.69, 9.17) is 9.84 Å². The van der Waals surface area contributed by atoms with Crippen LogP contribution >= 0.6 is 0 Å². The standard InChI is InChI=1S/C5H8O3/c6-4-1-2-8-3-5(4)7/h5,7H,1-3H2/t5-/m0/s1. The molecule has 0 radical (unpaired) electrons. The number of carbonyl (C=O) groups excluding carboxylic acids is 1. The Hall–Kier alpha value is -0.410. The van der Waals surface area contributed by atoms with Crippen LogP contribution in [0.4, 0.5) is 0 Å². The zero-order valence-electron chi connectivity index (χ0n) is 4.46. The highest BCUT2D eigenvalue weighted by Crippen LogP contribution is 1.99. The average Bonchev–Trinajstić information content (AvgIpc) is 1.77. The van der Waals surface area contributed by atoms with Crippen LogP contribution in [-0.4, -0.2) is 30.2 Å². The van der Waals surface area contributed by atoms with Gasteiger partial charge in [0.25, 0.3) is 0 Å². The monoisotopic (exact) mass is 116 g/mol. The van der Waals surface area contributed by atoms with Crippen LogP contribution in [0.1, 0.15) is 6.42 Å². The molecule has 1 N–H and O–H groups in total. The second-order valence-electron chi connectivity index (χ2n) is 1.81. The molecule has 0 unspecified atom stereocenters. The van der Waals surface area contributed by atoms with Gasteiger partial charge < -0.3 is 9.84 Å². The number of rotatable bonds is 0. The summed E-state index contributed by atoms with van der Waals surface area (Å²) in [5.41, 5.74) is 0. The number of hydrogen-bond acceptors (Lipinski definition) is 3. The van der Waals surface area contributed by atoms with Gasteiger partial charge in [-0.3, -0.25) is 4.79 Å². The SMILES string of the molecule is O=C1CCOC[C@@H]1O. The molecular formula is C5H8O3. The van der Waals surface area contributed by atoms with Crippen LogP contribution in [0.15, 0.2) is 0 Å². The van der Waals surface area contributed by atoms with Crippen LogP contribution in [0.3, 0.4) is 0 Å². The van der Waals surface area contributed by atoms with Crippen molar-refractivity contribution in [3.8, 4) is 0 Å². The summed E-state index contributed by atoms with van der Waals surface area (Å²) >= 11 is 0. The molecule has 0 bridgehead atoms. The minimum Gasteiger partial charge on any atom is -0.383 e. The third kappa shape index (κ3) is 1.05. The largest absolute Gasteiger partial charge is 0.383 e. The van der Waals surface area contributed by atoms with Gasteiger partial charge >= 0.3 is 0 Å². The molecule has 3 nitrogen and oxygen atoms in total. The van der Waals surface area contributed by atoms with Gasteiger partial charge in [0.2, 0.25) is 0 Å². The fraction of sp³-hybridized carbons (Fsp3) is 0.800. The van der Waals surface area contributed by atoms with Crippen molar-refractivity contribution in [2.75, 3.05) is 13.2 Å². The van der Waals surface area contributed by atoms with E-state index in [9.17, 15) is 4.79 Å². The molecule has 1 aliphatic heterocycles. The molecule has 0 amide bonds. The predicted octanol–water partition coefficient (Wildman–Crippen LogP) is -0.663. The van der Waals surface area contributed by atoms with Crippen LogP contribution in [0.2, 0.25) is 0 Å². The highest BCUT2D eigenvalue weighted by molar-refractivity contribution is 5.83. The first-order valence-corrected chi connectivity index (χ1v) is 2.59. The van der Waals surface area contributed by atoms with Gasteiger partial charge in [-0.15, -0.1) is 0 Å². The van der Waals surface area contributed by atoms with Crippen molar-refractivity contribution < 1.29 is 14.6 Å². The molecule has 0 aliphatic carbocycles. The van der Waals surface area contributed by atoms with E-state index in [1.165, 1.54) is 0 Å². The fourth-order valence-electron chi connectivity index (χ4n) is 0.627. The summed E-state index contributed by atoms with van der Waals surface area (Å²) in [7, 11) is 0. The molecule has 3 heteroatoms. The Morgan fingerprint density at radius 3 is 2.88 bits per heavy atom. The summed E-state index contributed by atoms with van der Waals surface area (Å²) in [6, 6.07) is 0. The molecule has 8 heavy (non-hydrogen) atoms. The van der Waals surface area contributed by atoms with Crippen LogP contribution in [0.25, 0.3) is 0 Å². The van der Waals surface area contributed by atoms with Gasteiger partial charge in [-0.2, -0.15) is 0 Å². The maximum absolute atomic E-state index is 10.5. The number of hydrogen-bond donors (Lipinski definition) is 1. The Morgan fingerprint density at radius 1 is 1.75 bits per heavy atom. The molecule has 1 fully saturated rings. The first-order chi connectivity index (χ1) is 3.80. The third-order valence-corrected chi connectivity index (χ3v) is 1.14. The third-order valence-electron chi connectivity index (χ3n) is 1.14. The molecule has 1 atom stereocenters. The fourth-order valence-corrected chi connectivity index (χ4v) is 0.627. The zero-order valence-corrected chi connectivity index (χ0v) is 4.46. The number of ether oxygens (including phenoxy) is 1. The molecule has 1 saturated heterocycles. The molecule has 46 valence electrons. The summed E-state index contributed by atoms with van der Waals surface area (Å²) in [5, 5.41) is 8.70. The normalized spacial score (nSPS) is 30.6. The zero-order chi connectivity index (χ0) is 5.98. The van der Waals surface area contributed by atoms with Crippen molar-refractivity contribution in [3.05, 3.63) is 0 Å². The molecule has 0 spiro atoms. The van der Waals surface area contributed by atoms with Crippen molar-refractivity contribution in [1.29, 1.82) is 0 Å². The van der Waals surface area contributed by atoms with Crippen molar-refractivity contribution in [2.24, 2.45) is 0 Å². The number of aliphatic hydroxyl groups is 1. The van der Waals surface area contributed by atoms with Gasteiger partial charge in [0.1, 0.15) is 6.10 Å². The lowest BCUT2D eigenvalue weighted by Gasteiger charge is -2.14. The summed E-state index contributed by atoms with van der Waals surface area (Å²) in [6.07, 6.45) is -0.495. The lowest BCUT2D eigenvalue weighted by Crippen LogP contribution is -2.31. The maximum atomic E-state index is 10.5. The van der Waals surface area contributed by atoms with Crippen molar-refractivity contribution >= 4 is 5.78 Å².